The highest BCUT2D eigenvalue weighted by molar-refractivity contribution is 5.85. The molecule has 0 heterocycles. The number of carbonyl (C=O) groups is 2. The van der Waals surface area contributed by atoms with Crippen LogP contribution in [0.25, 0.3) is 0 Å². The lowest BCUT2D eigenvalue weighted by Crippen LogP contribution is -2.45. The van der Waals surface area contributed by atoms with Crippen LogP contribution in [0.2, 0.25) is 0 Å². The molecule has 0 aromatic carbocycles. The van der Waals surface area contributed by atoms with E-state index < -0.39 is 11.4 Å². The van der Waals surface area contributed by atoms with Crippen molar-refractivity contribution in [1.29, 1.82) is 0 Å². The summed E-state index contributed by atoms with van der Waals surface area (Å²) in [4.78, 5) is 23.1. The van der Waals surface area contributed by atoms with Crippen LogP contribution in [0.4, 0.5) is 0 Å². The van der Waals surface area contributed by atoms with Crippen LogP contribution in [-0.4, -0.2) is 23.0 Å². The summed E-state index contributed by atoms with van der Waals surface area (Å²) in [5.74, 6) is -0.315. The minimum atomic E-state index is -0.808. The lowest BCUT2D eigenvalue weighted by molar-refractivity contribution is -0.157. The molecule has 4 nitrogen and oxygen atoms in total. The van der Waals surface area contributed by atoms with E-state index in [9.17, 15) is 14.7 Å². The number of hydrogen-bond acceptors (Lipinski definition) is 2. The minimum Gasteiger partial charge on any atom is -0.481 e. The number of carbonyl (C=O) groups excluding carboxylic acids is 1. The molecule has 0 bridgehead atoms. The second kappa shape index (κ2) is 5.29. The summed E-state index contributed by atoms with van der Waals surface area (Å²) in [6.07, 6.45) is 7.25. The molecule has 2 N–H and O–H groups in total. The second-order valence-corrected chi connectivity index (χ2v) is 6.02. The molecular weight excluding hydrogens is 230 g/mol. The first-order valence-corrected chi connectivity index (χ1v) is 7.06. The quantitative estimate of drug-likeness (QED) is 0.790. The normalized spacial score (nSPS) is 24.3. The Morgan fingerprint density at radius 2 is 1.89 bits per heavy atom. The summed E-state index contributed by atoms with van der Waals surface area (Å²) in [7, 11) is 0. The summed E-state index contributed by atoms with van der Waals surface area (Å²) >= 11 is 0. The van der Waals surface area contributed by atoms with Gasteiger partial charge < -0.3 is 10.4 Å². The molecule has 18 heavy (non-hydrogen) atoms. The number of carboxylic acids is 1. The standard InChI is InChI=1S/C14H23NO3/c1-10(11-5-2-3-6-11)15-12(16)9-14(13(17)18)7-4-8-14/h10-11H,2-9H2,1H3,(H,15,16)(H,17,18). The summed E-state index contributed by atoms with van der Waals surface area (Å²) in [6, 6.07) is 0.186. The van der Waals surface area contributed by atoms with Gasteiger partial charge in [-0.05, 0) is 38.5 Å². The van der Waals surface area contributed by atoms with Gasteiger partial charge in [-0.15, -0.1) is 0 Å². The number of carboxylic acid groups (broad SMARTS) is 1. The third kappa shape index (κ3) is 2.68. The van der Waals surface area contributed by atoms with Crippen molar-refractivity contribution >= 4 is 11.9 Å². The molecule has 0 aromatic rings. The first-order valence-electron chi connectivity index (χ1n) is 7.06. The Kier molecular flexibility index (Phi) is 3.93. The Bertz CT molecular complexity index is 330. The molecule has 0 aliphatic heterocycles. The van der Waals surface area contributed by atoms with Gasteiger partial charge in [0, 0.05) is 12.5 Å². The summed E-state index contributed by atoms with van der Waals surface area (Å²) in [6.45, 7) is 2.04. The highest BCUT2D eigenvalue weighted by Crippen LogP contribution is 2.44. The minimum absolute atomic E-state index is 0.0866. The van der Waals surface area contributed by atoms with E-state index in [0.717, 1.165) is 6.42 Å². The van der Waals surface area contributed by atoms with Crippen molar-refractivity contribution in [3.05, 3.63) is 0 Å². The van der Waals surface area contributed by atoms with Crippen LogP contribution in [-0.2, 0) is 9.59 Å². The molecule has 102 valence electrons. The van der Waals surface area contributed by atoms with Crippen molar-refractivity contribution in [2.75, 3.05) is 0 Å². The summed E-state index contributed by atoms with van der Waals surface area (Å²) < 4.78 is 0. The molecule has 0 radical (unpaired) electrons. The van der Waals surface area contributed by atoms with Gasteiger partial charge in [0.2, 0.25) is 5.91 Å². The van der Waals surface area contributed by atoms with Crippen molar-refractivity contribution in [3.63, 3.8) is 0 Å². The second-order valence-electron chi connectivity index (χ2n) is 6.02. The number of nitrogens with one attached hydrogen (secondary N) is 1. The fraction of sp³-hybridized carbons (Fsp3) is 0.857. The molecule has 2 saturated carbocycles. The lowest BCUT2D eigenvalue weighted by atomic mass is 9.66. The van der Waals surface area contributed by atoms with Gasteiger partial charge >= 0.3 is 5.97 Å². The molecule has 0 spiro atoms. The molecule has 2 fully saturated rings. The zero-order valence-electron chi connectivity index (χ0n) is 11.1. The van der Waals surface area contributed by atoms with Gasteiger partial charge in [-0.25, -0.2) is 0 Å². The third-order valence-corrected chi connectivity index (χ3v) is 4.76. The van der Waals surface area contributed by atoms with E-state index in [0.29, 0.717) is 18.8 Å². The van der Waals surface area contributed by atoms with Crippen molar-refractivity contribution in [3.8, 4) is 0 Å². The van der Waals surface area contributed by atoms with E-state index in [4.69, 9.17) is 0 Å². The lowest BCUT2D eigenvalue weighted by Gasteiger charge is -2.37. The maximum Gasteiger partial charge on any atom is 0.310 e. The summed E-state index contributed by atoms with van der Waals surface area (Å²) in [5, 5.41) is 12.2. The maximum absolute atomic E-state index is 11.9. The Morgan fingerprint density at radius 1 is 1.28 bits per heavy atom. The maximum atomic E-state index is 11.9. The van der Waals surface area contributed by atoms with Gasteiger partial charge in [-0.3, -0.25) is 9.59 Å². The molecule has 2 aliphatic carbocycles. The fourth-order valence-electron chi connectivity index (χ4n) is 3.26. The van der Waals surface area contributed by atoms with Gasteiger partial charge in [0.25, 0.3) is 0 Å². The van der Waals surface area contributed by atoms with Crippen LogP contribution in [0.3, 0.4) is 0 Å². The van der Waals surface area contributed by atoms with Crippen molar-refractivity contribution in [2.24, 2.45) is 11.3 Å². The first-order chi connectivity index (χ1) is 8.53. The van der Waals surface area contributed by atoms with Gasteiger partial charge in [0.05, 0.1) is 5.41 Å². The van der Waals surface area contributed by atoms with Gasteiger partial charge in [-0.1, -0.05) is 19.3 Å². The Labute approximate surface area is 108 Å². The topological polar surface area (TPSA) is 66.4 Å². The Hall–Kier alpha value is -1.06. The average molecular weight is 253 g/mol. The highest BCUT2D eigenvalue weighted by atomic mass is 16.4. The zero-order valence-corrected chi connectivity index (χ0v) is 11.1. The molecule has 0 aromatic heterocycles. The van der Waals surface area contributed by atoms with E-state index >= 15 is 0 Å². The molecular formula is C14H23NO3. The molecule has 1 atom stereocenters. The Morgan fingerprint density at radius 3 is 2.33 bits per heavy atom. The van der Waals surface area contributed by atoms with Crippen molar-refractivity contribution in [1.82, 2.24) is 5.32 Å². The monoisotopic (exact) mass is 253 g/mol. The largest absolute Gasteiger partial charge is 0.481 e. The van der Waals surface area contributed by atoms with E-state index in [1.165, 1.54) is 25.7 Å². The molecule has 0 saturated heterocycles. The molecule has 1 amide bonds. The predicted molar refractivity (Wildman–Crippen MR) is 68.1 cm³/mol. The van der Waals surface area contributed by atoms with E-state index in [1.54, 1.807) is 0 Å². The average Bonchev–Trinajstić information content (AvgIpc) is 2.76. The van der Waals surface area contributed by atoms with Crippen LogP contribution in [0.1, 0.15) is 58.3 Å². The third-order valence-electron chi connectivity index (χ3n) is 4.76. The smallest absolute Gasteiger partial charge is 0.310 e. The van der Waals surface area contributed by atoms with Crippen LogP contribution < -0.4 is 5.32 Å². The van der Waals surface area contributed by atoms with Crippen LogP contribution >= 0.6 is 0 Å². The number of rotatable bonds is 5. The number of hydrogen-bond donors (Lipinski definition) is 2. The van der Waals surface area contributed by atoms with Gasteiger partial charge in [-0.2, -0.15) is 0 Å². The number of aliphatic carboxylic acids is 1. The predicted octanol–water partition coefficient (Wildman–Crippen LogP) is 2.33. The molecule has 4 heteroatoms. The Balaban J connectivity index is 1.82. The van der Waals surface area contributed by atoms with E-state index in [1.807, 2.05) is 6.92 Å². The summed E-state index contributed by atoms with van der Waals surface area (Å²) in [5.41, 5.74) is -0.764. The van der Waals surface area contributed by atoms with Crippen molar-refractivity contribution in [2.45, 2.75) is 64.3 Å². The highest BCUT2D eigenvalue weighted by Gasteiger charge is 2.46. The van der Waals surface area contributed by atoms with Gasteiger partial charge in [0.1, 0.15) is 0 Å². The fourth-order valence-corrected chi connectivity index (χ4v) is 3.26. The SMILES string of the molecule is CC(NC(=O)CC1(C(=O)O)CCC1)C1CCCC1. The van der Waals surface area contributed by atoms with Gasteiger partial charge in [0.15, 0.2) is 0 Å². The first kappa shape index (κ1) is 13.4. The van der Waals surface area contributed by atoms with Crippen LogP contribution in [0.5, 0.6) is 0 Å². The van der Waals surface area contributed by atoms with Crippen molar-refractivity contribution < 1.29 is 14.7 Å². The van der Waals surface area contributed by atoms with Crippen LogP contribution in [0, 0.1) is 11.3 Å². The molecule has 1 unspecified atom stereocenters. The van der Waals surface area contributed by atoms with E-state index in [2.05, 4.69) is 5.32 Å². The van der Waals surface area contributed by atoms with Crippen LogP contribution in [0.15, 0.2) is 0 Å². The molecule has 2 rings (SSSR count). The van der Waals surface area contributed by atoms with E-state index in [-0.39, 0.29) is 18.4 Å². The molecule has 2 aliphatic rings. The number of amides is 1. The zero-order chi connectivity index (χ0) is 13.2.